The van der Waals surface area contributed by atoms with Crippen LogP contribution in [-0.4, -0.2) is 96.0 Å². The van der Waals surface area contributed by atoms with Crippen LogP contribution < -0.4 is 0 Å². The predicted molar refractivity (Wildman–Crippen MR) is 153 cm³/mol. The summed E-state index contributed by atoms with van der Waals surface area (Å²) in [7, 11) is 0. The van der Waals surface area contributed by atoms with Crippen molar-refractivity contribution in [2.45, 2.75) is 92.4 Å². The van der Waals surface area contributed by atoms with Gasteiger partial charge in [-0.3, -0.25) is 19.4 Å². The smallest absolute Gasteiger partial charge is 0.327 e. The quantitative estimate of drug-likeness (QED) is 0.117. The molecule has 0 aliphatic carbocycles. The van der Waals surface area contributed by atoms with Crippen molar-refractivity contribution < 1.29 is 23.9 Å². The molecule has 2 saturated heterocycles. The Morgan fingerprint density at radius 1 is 0.718 bits per heavy atom. The van der Waals surface area contributed by atoms with Crippen molar-refractivity contribution >= 4 is 23.9 Å². The molecule has 0 saturated carbocycles. The topological polar surface area (TPSA) is 90.5 Å². The van der Waals surface area contributed by atoms with Gasteiger partial charge in [-0.15, -0.1) is 6.58 Å². The Labute approximate surface area is 235 Å². The molecule has 0 aromatic rings. The largest absolute Gasteiger partial charge is 0.381 e. The van der Waals surface area contributed by atoms with Gasteiger partial charge in [0.1, 0.15) is 13.1 Å². The third-order valence-corrected chi connectivity index (χ3v) is 9.08. The number of urea groups is 2. The number of hydrogen-bond acceptors (Lipinski definition) is 5. The number of carbonyl (C=O) groups is 4. The van der Waals surface area contributed by atoms with E-state index >= 15 is 0 Å². The minimum absolute atomic E-state index is 0.0461. The van der Waals surface area contributed by atoms with Crippen LogP contribution >= 0.6 is 0 Å². The van der Waals surface area contributed by atoms with E-state index < -0.39 is 0 Å². The van der Waals surface area contributed by atoms with Crippen LogP contribution in [0.2, 0.25) is 0 Å². The van der Waals surface area contributed by atoms with Gasteiger partial charge in [-0.1, -0.05) is 39.7 Å². The molecule has 0 bridgehead atoms. The summed E-state index contributed by atoms with van der Waals surface area (Å²) < 4.78 is 5.91. The normalized spacial score (nSPS) is 18.1. The van der Waals surface area contributed by atoms with Gasteiger partial charge in [0.15, 0.2) is 0 Å². The van der Waals surface area contributed by atoms with E-state index in [4.69, 9.17) is 4.74 Å². The zero-order valence-electron chi connectivity index (χ0n) is 25.1. The average molecular weight is 549 g/mol. The molecule has 0 spiro atoms. The fraction of sp³-hybridized carbons (Fsp3) is 0.800. The lowest BCUT2D eigenvalue weighted by Crippen LogP contribution is -2.41. The van der Waals surface area contributed by atoms with Crippen LogP contribution in [0, 0.1) is 10.8 Å². The number of nitrogens with zero attached hydrogens (tertiary/aromatic N) is 4. The summed E-state index contributed by atoms with van der Waals surface area (Å²) in [4.78, 5) is 55.9. The zero-order valence-corrected chi connectivity index (χ0v) is 25.1. The Bertz CT molecular complexity index is 858. The van der Waals surface area contributed by atoms with Crippen LogP contribution in [0.15, 0.2) is 12.7 Å². The molecule has 0 N–H and O–H groups in total. The first-order valence-corrected chi connectivity index (χ1v) is 15.0. The van der Waals surface area contributed by atoms with Crippen LogP contribution in [0.3, 0.4) is 0 Å². The molecule has 0 aromatic carbocycles. The van der Waals surface area contributed by atoms with Gasteiger partial charge in [-0.2, -0.15) is 0 Å². The number of amides is 6. The van der Waals surface area contributed by atoms with Gasteiger partial charge in [-0.25, -0.2) is 9.59 Å². The average Bonchev–Trinajstić information content (AvgIpc) is 3.38. The fourth-order valence-electron chi connectivity index (χ4n) is 5.72. The molecule has 1 atom stereocenters. The molecular weight excluding hydrogens is 496 g/mol. The second-order valence-electron chi connectivity index (χ2n) is 11.2. The van der Waals surface area contributed by atoms with E-state index in [0.29, 0.717) is 39.4 Å². The highest BCUT2D eigenvalue weighted by molar-refractivity contribution is 6.02. The molecule has 2 fully saturated rings. The van der Waals surface area contributed by atoms with Gasteiger partial charge in [-0.05, 0) is 64.2 Å². The first kappa shape index (κ1) is 32.8. The fourth-order valence-corrected chi connectivity index (χ4v) is 5.72. The monoisotopic (exact) mass is 548 g/mol. The third kappa shape index (κ3) is 8.29. The Morgan fingerprint density at radius 2 is 1.21 bits per heavy atom. The zero-order chi connectivity index (χ0) is 29.1. The molecule has 2 rings (SSSR count). The molecule has 1 unspecified atom stereocenters. The van der Waals surface area contributed by atoms with Crippen molar-refractivity contribution in [2.24, 2.45) is 10.8 Å². The Balaban J connectivity index is 1.70. The van der Waals surface area contributed by atoms with Crippen LogP contribution in [0.4, 0.5) is 9.59 Å². The molecule has 0 radical (unpaired) electrons. The number of hydrogen-bond donors (Lipinski definition) is 0. The van der Waals surface area contributed by atoms with E-state index in [1.165, 1.54) is 9.80 Å². The lowest BCUT2D eigenvalue weighted by Gasteiger charge is -2.35. The molecule has 222 valence electrons. The molecule has 39 heavy (non-hydrogen) atoms. The minimum atomic E-state index is -0.273. The van der Waals surface area contributed by atoms with Crippen LogP contribution in [0.1, 0.15) is 92.4 Å². The molecule has 9 nitrogen and oxygen atoms in total. The molecule has 2 aliphatic heterocycles. The summed E-state index contributed by atoms with van der Waals surface area (Å²) in [6.45, 7) is 17.9. The lowest BCUT2D eigenvalue weighted by molar-refractivity contribution is -0.127. The number of rotatable bonds is 20. The van der Waals surface area contributed by atoms with Gasteiger partial charge in [0, 0.05) is 44.8 Å². The van der Waals surface area contributed by atoms with Crippen molar-refractivity contribution in [3.8, 4) is 0 Å². The second-order valence-corrected chi connectivity index (χ2v) is 11.2. The minimum Gasteiger partial charge on any atom is -0.381 e. The van der Waals surface area contributed by atoms with Gasteiger partial charge in [0.25, 0.3) is 0 Å². The summed E-state index contributed by atoms with van der Waals surface area (Å²) in [5.41, 5.74) is -0.319. The molecule has 6 amide bonds. The number of imide groups is 2. The van der Waals surface area contributed by atoms with E-state index in [2.05, 4.69) is 27.4 Å². The Kier molecular flexibility index (Phi) is 12.9. The van der Waals surface area contributed by atoms with Crippen molar-refractivity contribution in [3.63, 3.8) is 0 Å². The van der Waals surface area contributed by atoms with Crippen molar-refractivity contribution in [1.29, 1.82) is 0 Å². The van der Waals surface area contributed by atoms with Crippen LogP contribution in [0.5, 0.6) is 0 Å². The van der Waals surface area contributed by atoms with E-state index in [1.807, 2.05) is 19.9 Å². The van der Waals surface area contributed by atoms with Gasteiger partial charge < -0.3 is 14.5 Å². The summed E-state index contributed by atoms with van der Waals surface area (Å²) in [5.74, 6) is -0.205. The second kappa shape index (κ2) is 15.4. The predicted octanol–water partition coefficient (Wildman–Crippen LogP) is 5.30. The number of carbonyl (C=O) groups excluding carboxylic acids is 4. The van der Waals surface area contributed by atoms with Crippen molar-refractivity contribution in [3.05, 3.63) is 12.7 Å². The van der Waals surface area contributed by atoms with Crippen LogP contribution in [0.25, 0.3) is 0 Å². The SMILES string of the molecule is C=CC(CC)(CCCCOCCCCC(CC)(CC)CN1C(=O)CN(CC)C1=O)CN1C(=O)CN(CC)C1=O. The molecule has 2 aliphatic rings. The van der Waals surface area contributed by atoms with Crippen molar-refractivity contribution in [1.82, 2.24) is 19.6 Å². The Hall–Kier alpha value is -2.42. The van der Waals surface area contributed by atoms with Crippen molar-refractivity contribution in [2.75, 3.05) is 52.5 Å². The standard InChI is InChI=1S/C30H52N4O5/c1-7-29(8-2,23-33-25(35)21-31(11-5)27(33)37)17-13-15-19-39-20-16-14-18-30(9-3,10-4)24-34-26(36)22-32(12-6)28(34)38/h7H,1,8-24H2,2-6H3. The lowest BCUT2D eigenvalue weighted by atomic mass is 9.77. The molecular formula is C30H52N4O5. The number of ether oxygens (including phenoxy) is 1. The van der Waals surface area contributed by atoms with E-state index in [-0.39, 0.29) is 47.8 Å². The van der Waals surface area contributed by atoms with E-state index in [9.17, 15) is 19.2 Å². The first-order valence-electron chi connectivity index (χ1n) is 15.0. The highest BCUT2D eigenvalue weighted by Gasteiger charge is 2.41. The van der Waals surface area contributed by atoms with E-state index in [1.54, 1.807) is 9.80 Å². The van der Waals surface area contributed by atoms with Gasteiger partial charge in [0.05, 0.1) is 0 Å². The summed E-state index contributed by atoms with van der Waals surface area (Å²) in [5, 5.41) is 0. The highest BCUT2D eigenvalue weighted by atomic mass is 16.5. The maximum atomic E-state index is 12.6. The summed E-state index contributed by atoms with van der Waals surface area (Å²) in [6.07, 6.45) is 10.2. The maximum absolute atomic E-state index is 12.6. The molecule has 0 aromatic heterocycles. The highest BCUT2D eigenvalue weighted by Crippen LogP contribution is 2.35. The molecule has 9 heteroatoms. The summed E-state index contributed by atoms with van der Waals surface area (Å²) >= 11 is 0. The van der Waals surface area contributed by atoms with E-state index in [0.717, 1.165) is 57.8 Å². The summed E-state index contributed by atoms with van der Waals surface area (Å²) in [6, 6.07) is -0.343. The third-order valence-electron chi connectivity index (χ3n) is 9.08. The molecule has 2 heterocycles. The number of likely N-dealkylation sites (N-methyl/N-ethyl adjacent to an activating group) is 2. The Morgan fingerprint density at radius 3 is 1.62 bits per heavy atom. The van der Waals surface area contributed by atoms with Gasteiger partial charge >= 0.3 is 12.1 Å². The van der Waals surface area contributed by atoms with Crippen LogP contribution in [-0.2, 0) is 14.3 Å². The van der Waals surface area contributed by atoms with Gasteiger partial charge in [0.2, 0.25) is 11.8 Å². The first-order chi connectivity index (χ1) is 18.6. The maximum Gasteiger partial charge on any atom is 0.327 e. The number of unbranched alkanes of at least 4 members (excludes halogenated alkanes) is 2.